The third-order valence-electron chi connectivity index (χ3n) is 6.03. The molecule has 5 heteroatoms. The van der Waals surface area contributed by atoms with E-state index in [1.165, 1.54) is 18.4 Å². The minimum Gasteiger partial charge on any atom is -0.496 e. The molecule has 25 heavy (non-hydrogen) atoms. The van der Waals surface area contributed by atoms with Gasteiger partial charge >= 0.3 is 0 Å². The number of hydrogen-bond donors (Lipinski definition) is 2. The van der Waals surface area contributed by atoms with Crippen molar-refractivity contribution in [2.75, 3.05) is 13.7 Å². The molecular weight excluding hydrogens is 336 g/mol. The van der Waals surface area contributed by atoms with E-state index in [9.17, 15) is 4.79 Å². The molecular formula is C20H31ClN2O2. The minimum atomic E-state index is 0. The standard InChI is InChI=1S/C20H30N2O2.ClH/c1-24-18-10-3-2-8-16(18)20(11-4-5-12-20)14-22-19(23)13-15-7-6-9-17(15)21;/h2-3,8,10,15,17H,4-7,9,11-14,21H2,1H3,(H,22,23);1H/t15-,17+;/m0./s1. The van der Waals surface area contributed by atoms with Crippen LogP contribution in [0.15, 0.2) is 24.3 Å². The Kier molecular flexibility index (Phi) is 7.14. The lowest BCUT2D eigenvalue weighted by Crippen LogP contribution is -2.40. The molecule has 1 amide bonds. The number of nitrogens with two attached hydrogens (primary N) is 1. The number of rotatable bonds is 6. The van der Waals surface area contributed by atoms with Gasteiger partial charge in [-0.15, -0.1) is 12.4 Å². The maximum absolute atomic E-state index is 12.4. The molecule has 0 bridgehead atoms. The summed E-state index contributed by atoms with van der Waals surface area (Å²) in [4.78, 5) is 12.4. The van der Waals surface area contributed by atoms with Crippen LogP contribution in [-0.4, -0.2) is 25.6 Å². The highest BCUT2D eigenvalue weighted by molar-refractivity contribution is 5.85. The molecule has 0 aromatic heterocycles. The number of carbonyl (C=O) groups is 1. The minimum absolute atomic E-state index is 0. The Labute approximate surface area is 157 Å². The van der Waals surface area contributed by atoms with Gasteiger partial charge < -0.3 is 15.8 Å². The van der Waals surface area contributed by atoms with Gasteiger partial charge in [-0.05, 0) is 37.7 Å². The molecule has 2 atom stereocenters. The summed E-state index contributed by atoms with van der Waals surface area (Å²) >= 11 is 0. The Bertz CT molecular complexity index is 573. The summed E-state index contributed by atoms with van der Waals surface area (Å²) in [5.74, 6) is 1.45. The summed E-state index contributed by atoms with van der Waals surface area (Å²) in [6.45, 7) is 0.703. The first kappa shape index (κ1) is 20.1. The van der Waals surface area contributed by atoms with Crippen LogP contribution >= 0.6 is 12.4 Å². The smallest absolute Gasteiger partial charge is 0.220 e. The fourth-order valence-corrected chi connectivity index (χ4v) is 4.57. The van der Waals surface area contributed by atoms with Gasteiger partial charge in [0.05, 0.1) is 7.11 Å². The van der Waals surface area contributed by atoms with Gasteiger partial charge in [-0.1, -0.05) is 37.5 Å². The second-order valence-corrected chi connectivity index (χ2v) is 7.52. The summed E-state index contributed by atoms with van der Waals surface area (Å²) in [6.07, 6.45) is 8.51. The van der Waals surface area contributed by atoms with E-state index in [0.717, 1.165) is 37.9 Å². The van der Waals surface area contributed by atoms with E-state index in [-0.39, 0.29) is 29.8 Å². The van der Waals surface area contributed by atoms with Crippen LogP contribution in [0.4, 0.5) is 0 Å². The number of amides is 1. The van der Waals surface area contributed by atoms with Crippen molar-refractivity contribution >= 4 is 18.3 Å². The van der Waals surface area contributed by atoms with E-state index in [1.807, 2.05) is 12.1 Å². The Morgan fingerprint density at radius 2 is 1.96 bits per heavy atom. The van der Waals surface area contributed by atoms with Gasteiger partial charge in [0.15, 0.2) is 0 Å². The molecule has 0 spiro atoms. The van der Waals surface area contributed by atoms with Crippen molar-refractivity contribution in [1.82, 2.24) is 5.32 Å². The lowest BCUT2D eigenvalue weighted by molar-refractivity contribution is -0.122. The number of benzene rings is 1. The number of nitrogens with one attached hydrogen (secondary N) is 1. The van der Waals surface area contributed by atoms with Crippen molar-refractivity contribution in [2.45, 2.75) is 62.8 Å². The molecule has 3 rings (SSSR count). The average Bonchev–Trinajstić information content (AvgIpc) is 3.23. The predicted molar refractivity (Wildman–Crippen MR) is 103 cm³/mol. The Hall–Kier alpha value is -1.26. The molecule has 0 heterocycles. The highest BCUT2D eigenvalue weighted by Crippen LogP contribution is 2.44. The van der Waals surface area contributed by atoms with Gasteiger partial charge in [-0.2, -0.15) is 0 Å². The fraction of sp³-hybridized carbons (Fsp3) is 0.650. The van der Waals surface area contributed by atoms with Gasteiger partial charge in [0, 0.05) is 30.0 Å². The number of hydrogen-bond acceptors (Lipinski definition) is 3. The number of ether oxygens (including phenoxy) is 1. The SMILES string of the molecule is COc1ccccc1C1(CNC(=O)C[C@@H]2CCC[C@H]2N)CCCC1.Cl. The van der Waals surface area contributed by atoms with Crippen LogP contribution in [0, 0.1) is 5.92 Å². The molecule has 1 aromatic rings. The van der Waals surface area contributed by atoms with Gasteiger partial charge in [-0.3, -0.25) is 4.79 Å². The van der Waals surface area contributed by atoms with Crippen molar-refractivity contribution in [3.05, 3.63) is 29.8 Å². The van der Waals surface area contributed by atoms with Gasteiger partial charge in [-0.25, -0.2) is 0 Å². The van der Waals surface area contributed by atoms with Crippen molar-refractivity contribution in [3.63, 3.8) is 0 Å². The number of halogens is 1. The molecule has 3 N–H and O–H groups in total. The molecule has 4 nitrogen and oxygen atoms in total. The van der Waals surface area contributed by atoms with Crippen LogP contribution in [0.5, 0.6) is 5.75 Å². The van der Waals surface area contributed by atoms with E-state index < -0.39 is 0 Å². The highest BCUT2D eigenvalue weighted by atomic mass is 35.5. The molecule has 1 aromatic carbocycles. The Morgan fingerprint density at radius 3 is 2.60 bits per heavy atom. The third-order valence-corrected chi connectivity index (χ3v) is 6.03. The monoisotopic (exact) mass is 366 g/mol. The van der Waals surface area contributed by atoms with E-state index in [4.69, 9.17) is 10.5 Å². The first-order chi connectivity index (χ1) is 11.6. The normalized spacial score (nSPS) is 24.6. The van der Waals surface area contributed by atoms with Crippen molar-refractivity contribution in [1.29, 1.82) is 0 Å². The van der Waals surface area contributed by atoms with Crippen molar-refractivity contribution < 1.29 is 9.53 Å². The van der Waals surface area contributed by atoms with Crippen LogP contribution in [0.1, 0.15) is 56.9 Å². The van der Waals surface area contributed by atoms with E-state index in [1.54, 1.807) is 7.11 Å². The van der Waals surface area contributed by atoms with Gasteiger partial charge in [0.2, 0.25) is 5.91 Å². The molecule has 2 fully saturated rings. The summed E-state index contributed by atoms with van der Waals surface area (Å²) in [5, 5.41) is 3.21. The number of carbonyl (C=O) groups excluding carboxylic acids is 1. The summed E-state index contributed by atoms with van der Waals surface area (Å²) in [6, 6.07) is 8.45. The highest BCUT2D eigenvalue weighted by Gasteiger charge is 2.38. The van der Waals surface area contributed by atoms with Crippen LogP contribution in [0.25, 0.3) is 0 Å². The Balaban J connectivity index is 0.00000225. The van der Waals surface area contributed by atoms with Crippen LogP contribution in [0.3, 0.4) is 0 Å². The first-order valence-corrected chi connectivity index (χ1v) is 9.30. The summed E-state index contributed by atoms with van der Waals surface area (Å²) in [5.41, 5.74) is 7.36. The predicted octanol–water partition coefficient (Wildman–Crippen LogP) is 3.56. The van der Waals surface area contributed by atoms with E-state index in [2.05, 4.69) is 17.4 Å². The summed E-state index contributed by atoms with van der Waals surface area (Å²) in [7, 11) is 1.72. The number of para-hydroxylation sites is 1. The van der Waals surface area contributed by atoms with Gasteiger partial charge in [0.1, 0.15) is 5.75 Å². The summed E-state index contributed by atoms with van der Waals surface area (Å²) < 4.78 is 5.58. The zero-order chi connectivity index (χ0) is 17.0. The van der Waals surface area contributed by atoms with E-state index in [0.29, 0.717) is 18.9 Å². The van der Waals surface area contributed by atoms with Gasteiger partial charge in [0.25, 0.3) is 0 Å². The lowest BCUT2D eigenvalue weighted by atomic mass is 9.78. The second-order valence-electron chi connectivity index (χ2n) is 7.52. The molecule has 2 aliphatic carbocycles. The lowest BCUT2D eigenvalue weighted by Gasteiger charge is -2.31. The fourth-order valence-electron chi connectivity index (χ4n) is 4.57. The molecule has 0 saturated heterocycles. The molecule has 0 unspecified atom stereocenters. The zero-order valence-corrected chi connectivity index (χ0v) is 15.9. The largest absolute Gasteiger partial charge is 0.496 e. The number of methoxy groups -OCH3 is 1. The maximum atomic E-state index is 12.4. The molecule has 140 valence electrons. The molecule has 0 aliphatic heterocycles. The third kappa shape index (κ3) is 4.48. The topological polar surface area (TPSA) is 64.3 Å². The molecule has 2 saturated carbocycles. The molecule has 0 radical (unpaired) electrons. The maximum Gasteiger partial charge on any atom is 0.220 e. The van der Waals surface area contributed by atoms with Crippen LogP contribution in [-0.2, 0) is 10.2 Å². The zero-order valence-electron chi connectivity index (χ0n) is 15.1. The van der Waals surface area contributed by atoms with Crippen LogP contribution in [0.2, 0.25) is 0 Å². The average molecular weight is 367 g/mol. The quantitative estimate of drug-likeness (QED) is 0.809. The van der Waals surface area contributed by atoms with Crippen molar-refractivity contribution in [2.24, 2.45) is 11.7 Å². The second kappa shape index (κ2) is 8.91. The first-order valence-electron chi connectivity index (χ1n) is 9.30. The Morgan fingerprint density at radius 1 is 1.24 bits per heavy atom. The van der Waals surface area contributed by atoms with E-state index >= 15 is 0 Å². The van der Waals surface area contributed by atoms with Crippen molar-refractivity contribution in [3.8, 4) is 5.75 Å². The molecule has 2 aliphatic rings. The van der Waals surface area contributed by atoms with Crippen LogP contribution < -0.4 is 15.8 Å².